The van der Waals surface area contributed by atoms with Crippen LogP contribution in [0, 0.1) is 0 Å². The number of benzene rings is 2. The first-order valence-electron chi connectivity index (χ1n) is 12.1. The second kappa shape index (κ2) is 14.0. The summed E-state index contributed by atoms with van der Waals surface area (Å²) in [6.07, 6.45) is 8.91. The summed E-state index contributed by atoms with van der Waals surface area (Å²) in [7, 11) is 0. The first kappa shape index (κ1) is 25.1. The molecule has 31 heavy (non-hydrogen) atoms. The van der Waals surface area contributed by atoms with Gasteiger partial charge in [-0.25, -0.2) is 4.79 Å². The predicted molar refractivity (Wildman–Crippen MR) is 129 cm³/mol. The Hall–Kier alpha value is -2.13. The fourth-order valence-electron chi connectivity index (χ4n) is 3.55. The Morgan fingerprint density at radius 1 is 0.774 bits per heavy atom. The number of unbranched alkanes of at least 4 members (excludes halogenated alkanes) is 5. The minimum Gasteiger partial charge on any atom is -0.456 e. The van der Waals surface area contributed by atoms with Crippen molar-refractivity contribution >= 4 is 5.97 Å². The van der Waals surface area contributed by atoms with Crippen LogP contribution in [-0.2, 0) is 20.7 Å². The standard InChI is InChI=1S/C28H40O3/c1-5-7-9-10-11-12-24-13-15-26(16-14-24)27-19-17-25(18-20-27)22(3)31-28(29)23(4)30-21-8-6-2/h13-20,22-23H,5-12,21H2,1-4H3. The molecule has 0 aliphatic carbocycles. The Balaban J connectivity index is 1.85. The van der Waals surface area contributed by atoms with Crippen molar-refractivity contribution in [3.8, 4) is 11.1 Å². The van der Waals surface area contributed by atoms with E-state index in [0.29, 0.717) is 6.61 Å². The minimum absolute atomic E-state index is 0.297. The highest BCUT2D eigenvalue weighted by Crippen LogP contribution is 2.24. The zero-order valence-electron chi connectivity index (χ0n) is 19.9. The average molecular weight is 425 g/mol. The summed E-state index contributed by atoms with van der Waals surface area (Å²) in [5, 5.41) is 0. The SMILES string of the molecule is CCCCCCCc1ccc(-c2ccc(C(C)OC(=O)C(C)OCCCC)cc2)cc1. The van der Waals surface area contributed by atoms with Gasteiger partial charge in [-0.15, -0.1) is 0 Å². The summed E-state index contributed by atoms with van der Waals surface area (Å²) in [6.45, 7) is 8.60. The van der Waals surface area contributed by atoms with E-state index < -0.39 is 6.10 Å². The average Bonchev–Trinajstić information content (AvgIpc) is 2.79. The Morgan fingerprint density at radius 2 is 1.35 bits per heavy atom. The maximum absolute atomic E-state index is 12.2. The van der Waals surface area contributed by atoms with Gasteiger partial charge in [-0.3, -0.25) is 0 Å². The molecule has 3 nitrogen and oxygen atoms in total. The van der Waals surface area contributed by atoms with Crippen molar-refractivity contribution in [1.29, 1.82) is 0 Å². The number of hydrogen-bond acceptors (Lipinski definition) is 3. The fourth-order valence-corrected chi connectivity index (χ4v) is 3.55. The van der Waals surface area contributed by atoms with Crippen molar-refractivity contribution in [2.24, 2.45) is 0 Å². The maximum Gasteiger partial charge on any atom is 0.335 e. The molecule has 2 rings (SSSR count). The molecule has 0 aromatic heterocycles. The van der Waals surface area contributed by atoms with Crippen LogP contribution in [0.1, 0.15) is 89.9 Å². The number of carbonyl (C=O) groups is 1. The summed E-state index contributed by atoms with van der Waals surface area (Å²) in [5.41, 5.74) is 4.78. The highest BCUT2D eigenvalue weighted by atomic mass is 16.6. The molecule has 0 spiro atoms. The topological polar surface area (TPSA) is 35.5 Å². The molecule has 0 radical (unpaired) electrons. The molecule has 170 valence electrons. The monoisotopic (exact) mass is 424 g/mol. The molecule has 0 heterocycles. The fraction of sp³-hybridized carbons (Fsp3) is 0.536. The van der Waals surface area contributed by atoms with Gasteiger partial charge in [0, 0.05) is 6.61 Å². The first-order valence-corrected chi connectivity index (χ1v) is 12.1. The summed E-state index contributed by atoms with van der Waals surface area (Å²) in [5.74, 6) is -0.307. The van der Waals surface area contributed by atoms with Gasteiger partial charge in [0.2, 0.25) is 0 Å². The molecular weight excluding hydrogens is 384 g/mol. The van der Waals surface area contributed by atoms with E-state index in [-0.39, 0.29) is 12.1 Å². The summed E-state index contributed by atoms with van der Waals surface area (Å²) in [6, 6.07) is 17.2. The lowest BCUT2D eigenvalue weighted by molar-refractivity contribution is -0.161. The Bertz CT molecular complexity index is 749. The van der Waals surface area contributed by atoms with Crippen molar-refractivity contribution in [2.75, 3.05) is 6.61 Å². The lowest BCUT2D eigenvalue weighted by Gasteiger charge is -2.18. The molecule has 2 unspecified atom stereocenters. The second-order valence-corrected chi connectivity index (χ2v) is 8.43. The molecule has 2 atom stereocenters. The summed E-state index contributed by atoms with van der Waals surface area (Å²) >= 11 is 0. The highest BCUT2D eigenvalue weighted by molar-refractivity contribution is 5.74. The molecule has 0 amide bonds. The van der Waals surface area contributed by atoms with Gasteiger partial charge in [0.25, 0.3) is 0 Å². The van der Waals surface area contributed by atoms with Crippen molar-refractivity contribution in [2.45, 2.75) is 91.3 Å². The second-order valence-electron chi connectivity index (χ2n) is 8.43. The number of carbonyl (C=O) groups excluding carboxylic acids is 1. The quantitative estimate of drug-likeness (QED) is 0.230. The van der Waals surface area contributed by atoms with Crippen LogP contribution in [0.3, 0.4) is 0 Å². The van der Waals surface area contributed by atoms with Gasteiger partial charge in [0.15, 0.2) is 6.10 Å². The largest absolute Gasteiger partial charge is 0.456 e. The molecule has 3 heteroatoms. The van der Waals surface area contributed by atoms with Crippen molar-refractivity contribution in [3.63, 3.8) is 0 Å². The molecular formula is C28H40O3. The van der Waals surface area contributed by atoms with Gasteiger partial charge in [-0.05, 0) is 55.4 Å². The maximum atomic E-state index is 12.2. The Labute approximate surface area is 189 Å². The van der Waals surface area contributed by atoms with E-state index in [0.717, 1.165) is 24.8 Å². The predicted octanol–water partition coefficient (Wildman–Crippen LogP) is 7.68. The first-order chi connectivity index (χ1) is 15.0. The molecule has 2 aromatic rings. The molecule has 0 fully saturated rings. The number of hydrogen-bond donors (Lipinski definition) is 0. The minimum atomic E-state index is -0.529. The van der Waals surface area contributed by atoms with Crippen LogP contribution < -0.4 is 0 Å². The highest BCUT2D eigenvalue weighted by Gasteiger charge is 2.18. The molecule has 0 aliphatic rings. The molecule has 0 aliphatic heterocycles. The molecule has 0 saturated carbocycles. The van der Waals surface area contributed by atoms with E-state index in [1.807, 2.05) is 19.1 Å². The normalized spacial score (nSPS) is 13.0. The van der Waals surface area contributed by atoms with Crippen LogP contribution in [0.2, 0.25) is 0 Å². The lowest BCUT2D eigenvalue weighted by Crippen LogP contribution is -2.25. The van der Waals surface area contributed by atoms with Crippen LogP contribution in [0.25, 0.3) is 11.1 Å². The van der Waals surface area contributed by atoms with Crippen LogP contribution in [0.5, 0.6) is 0 Å². The third-order valence-corrected chi connectivity index (χ3v) is 5.73. The van der Waals surface area contributed by atoms with Crippen LogP contribution in [0.4, 0.5) is 0 Å². The third-order valence-electron chi connectivity index (χ3n) is 5.73. The van der Waals surface area contributed by atoms with Gasteiger partial charge in [-0.2, -0.15) is 0 Å². The van der Waals surface area contributed by atoms with Crippen molar-refractivity contribution in [1.82, 2.24) is 0 Å². The molecule has 0 N–H and O–H groups in total. The lowest BCUT2D eigenvalue weighted by atomic mass is 9.99. The van der Waals surface area contributed by atoms with E-state index in [9.17, 15) is 4.79 Å². The van der Waals surface area contributed by atoms with Gasteiger partial charge in [0.1, 0.15) is 6.10 Å². The van der Waals surface area contributed by atoms with E-state index in [2.05, 4.69) is 50.2 Å². The zero-order chi connectivity index (χ0) is 22.5. The summed E-state index contributed by atoms with van der Waals surface area (Å²) in [4.78, 5) is 12.2. The molecule has 2 aromatic carbocycles. The van der Waals surface area contributed by atoms with Gasteiger partial charge >= 0.3 is 5.97 Å². The number of esters is 1. The third kappa shape index (κ3) is 8.86. The van der Waals surface area contributed by atoms with E-state index in [1.165, 1.54) is 48.8 Å². The van der Waals surface area contributed by atoms with E-state index in [1.54, 1.807) is 6.92 Å². The number of rotatable bonds is 14. The number of ether oxygens (including phenoxy) is 2. The Kier molecular flexibility index (Phi) is 11.4. The smallest absolute Gasteiger partial charge is 0.335 e. The van der Waals surface area contributed by atoms with E-state index >= 15 is 0 Å². The Morgan fingerprint density at radius 3 is 1.97 bits per heavy atom. The van der Waals surface area contributed by atoms with E-state index in [4.69, 9.17) is 9.47 Å². The summed E-state index contributed by atoms with van der Waals surface area (Å²) < 4.78 is 11.1. The van der Waals surface area contributed by atoms with Crippen LogP contribution in [-0.4, -0.2) is 18.7 Å². The van der Waals surface area contributed by atoms with Crippen molar-refractivity contribution in [3.05, 3.63) is 59.7 Å². The number of aryl methyl sites for hydroxylation is 1. The van der Waals surface area contributed by atoms with Crippen molar-refractivity contribution < 1.29 is 14.3 Å². The zero-order valence-corrected chi connectivity index (χ0v) is 19.9. The van der Waals surface area contributed by atoms with Gasteiger partial charge in [0.05, 0.1) is 0 Å². The molecule has 0 bridgehead atoms. The van der Waals surface area contributed by atoms with Crippen LogP contribution >= 0.6 is 0 Å². The van der Waals surface area contributed by atoms with Gasteiger partial charge < -0.3 is 9.47 Å². The molecule has 0 saturated heterocycles. The van der Waals surface area contributed by atoms with Crippen LogP contribution in [0.15, 0.2) is 48.5 Å². The van der Waals surface area contributed by atoms with Gasteiger partial charge in [-0.1, -0.05) is 94.5 Å².